The summed E-state index contributed by atoms with van der Waals surface area (Å²) in [4.78, 5) is 3.93. The molecular weight excluding hydrogens is 455 g/mol. The van der Waals surface area contributed by atoms with Crippen LogP contribution >= 0.6 is 0 Å². The van der Waals surface area contributed by atoms with E-state index in [1.54, 1.807) is 13.0 Å². The number of nitrogens with zero attached hydrogens (tertiary/aromatic N) is 1. The van der Waals surface area contributed by atoms with Crippen LogP contribution in [0.4, 0.5) is 13.2 Å². The number of pyridine rings is 1. The van der Waals surface area contributed by atoms with Gasteiger partial charge in [0.2, 0.25) is 0 Å². The highest BCUT2D eigenvalue weighted by Gasteiger charge is 2.46. The second-order valence-corrected chi connectivity index (χ2v) is 11.2. The van der Waals surface area contributed by atoms with Gasteiger partial charge >= 0.3 is 6.18 Å². The molecule has 1 aliphatic heterocycles. The molecule has 1 aromatic heterocycles. The molecule has 0 bridgehead atoms. The minimum absolute atomic E-state index is 0.0185. The van der Waals surface area contributed by atoms with Crippen molar-refractivity contribution < 1.29 is 35.1 Å². The Morgan fingerprint density at radius 3 is 2.65 bits per heavy atom. The summed E-state index contributed by atoms with van der Waals surface area (Å²) in [7, 11) is -4.10. The van der Waals surface area contributed by atoms with E-state index < -0.39 is 43.5 Å². The highest BCUT2D eigenvalue weighted by Crippen LogP contribution is 2.43. The Bertz CT molecular complexity index is 1100. The molecule has 0 spiro atoms. The van der Waals surface area contributed by atoms with Gasteiger partial charge in [-0.05, 0) is 56.0 Å². The van der Waals surface area contributed by atoms with E-state index in [0.29, 0.717) is 22.9 Å². The standard InChI is InChI=1S/C20H22F3NO5S2/c1-13-8-14(12-30(25)26)11-24-18(13)17-10-19(2,6-7-29-17)31(27,28)16-5-3-4-15(9-16)20(21,22)23/h3-5,8-9,11,17H,6-7,10,12H2,1-2H3,(H,25,26). The number of hydrogen-bond donors (Lipinski definition) is 1. The SMILES string of the molecule is Cc1cc(CS(=O)O)cnc1C1CC(C)(S(=O)(=O)c2cccc(C(F)(F)F)c2)CCO1. The minimum Gasteiger partial charge on any atom is -0.372 e. The maximum Gasteiger partial charge on any atom is 0.416 e. The molecule has 2 heterocycles. The van der Waals surface area contributed by atoms with Crippen molar-refractivity contribution in [1.82, 2.24) is 4.98 Å². The third kappa shape index (κ3) is 5.00. The van der Waals surface area contributed by atoms with E-state index in [-0.39, 0.29) is 30.1 Å². The van der Waals surface area contributed by atoms with E-state index in [1.165, 1.54) is 19.2 Å². The predicted molar refractivity (Wildman–Crippen MR) is 108 cm³/mol. The maximum atomic E-state index is 13.3. The van der Waals surface area contributed by atoms with Crippen molar-refractivity contribution in [3.8, 4) is 0 Å². The zero-order valence-electron chi connectivity index (χ0n) is 16.8. The molecule has 2 aromatic rings. The lowest BCUT2D eigenvalue weighted by Gasteiger charge is -2.38. The third-order valence-electron chi connectivity index (χ3n) is 5.46. The lowest BCUT2D eigenvalue weighted by atomic mass is 9.93. The number of hydrogen-bond acceptors (Lipinski definition) is 5. The van der Waals surface area contributed by atoms with E-state index >= 15 is 0 Å². The average Bonchev–Trinajstić information content (AvgIpc) is 2.67. The first-order valence-electron chi connectivity index (χ1n) is 9.40. The number of sulfone groups is 1. The first kappa shape index (κ1) is 23.8. The number of aryl methyl sites for hydroxylation is 1. The fourth-order valence-corrected chi connectivity index (χ4v) is 5.99. The van der Waals surface area contributed by atoms with E-state index in [2.05, 4.69) is 4.98 Å². The normalized spacial score (nSPS) is 23.5. The molecule has 1 aliphatic rings. The van der Waals surface area contributed by atoms with Gasteiger partial charge < -0.3 is 9.29 Å². The van der Waals surface area contributed by atoms with Crippen molar-refractivity contribution in [1.29, 1.82) is 0 Å². The van der Waals surface area contributed by atoms with Gasteiger partial charge in [-0.25, -0.2) is 12.6 Å². The van der Waals surface area contributed by atoms with E-state index in [9.17, 15) is 25.8 Å². The molecule has 170 valence electrons. The fraction of sp³-hybridized carbons (Fsp3) is 0.450. The molecule has 3 rings (SSSR count). The Morgan fingerprint density at radius 1 is 1.32 bits per heavy atom. The van der Waals surface area contributed by atoms with Crippen LogP contribution in [-0.4, -0.2) is 33.5 Å². The van der Waals surface area contributed by atoms with E-state index in [1.807, 2.05) is 0 Å². The van der Waals surface area contributed by atoms with Crippen molar-refractivity contribution in [2.24, 2.45) is 0 Å². The number of ether oxygens (including phenoxy) is 1. The molecule has 1 N–H and O–H groups in total. The summed E-state index contributed by atoms with van der Waals surface area (Å²) < 4.78 is 90.3. The summed E-state index contributed by atoms with van der Waals surface area (Å²) in [5.41, 5.74) is 0.707. The van der Waals surface area contributed by atoms with Crippen LogP contribution in [0.5, 0.6) is 0 Å². The quantitative estimate of drug-likeness (QED) is 0.649. The lowest BCUT2D eigenvalue weighted by Crippen LogP contribution is -2.42. The highest BCUT2D eigenvalue weighted by atomic mass is 32.2. The molecule has 3 unspecified atom stereocenters. The van der Waals surface area contributed by atoms with Gasteiger partial charge in [0.05, 0.1) is 26.7 Å². The molecule has 31 heavy (non-hydrogen) atoms. The summed E-state index contributed by atoms with van der Waals surface area (Å²) in [5, 5.41) is 0. The van der Waals surface area contributed by atoms with Crippen molar-refractivity contribution in [2.75, 3.05) is 6.61 Å². The number of aromatic nitrogens is 1. The topological polar surface area (TPSA) is 93.6 Å². The molecule has 0 aliphatic carbocycles. The van der Waals surface area contributed by atoms with Gasteiger partial charge in [-0.2, -0.15) is 13.2 Å². The molecule has 3 atom stereocenters. The highest BCUT2D eigenvalue weighted by molar-refractivity contribution is 7.92. The van der Waals surface area contributed by atoms with Crippen molar-refractivity contribution in [3.63, 3.8) is 0 Å². The van der Waals surface area contributed by atoms with Crippen LogP contribution in [0.25, 0.3) is 0 Å². The van der Waals surface area contributed by atoms with Gasteiger partial charge in [0, 0.05) is 12.8 Å². The number of rotatable bonds is 5. The van der Waals surface area contributed by atoms with Crippen LogP contribution in [0.15, 0.2) is 41.4 Å². The zero-order chi connectivity index (χ0) is 23.0. The maximum absolute atomic E-state index is 13.3. The number of benzene rings is 1. The van der Waals surface area contributed by atoms with Crippen LogP contribution in [0.3, 0.4) is 0 Å². The molecule has 1 fully saturated rings. The van der Waals surface area contributed by atoms with Crippen LogP contribution in [-0.2, 0) is 37.6 Å². The second-order valence-electron chi connectivity index (χ2n) is 7.80. The summed E-state index contributed by atoms with van der Waals surface area (Å²) in [6.07, 6.45) is -3.74. The largest absolute Gasteiger partial charge is 0.416 e. The van der Waals surface area contributed by atoms with Crippen LogP contribution in [0.2, 0.25) is 0 Å². The predicted octanol–water partition coefficient (Wildman–Crippen LogP) is 4.21. The molecule has 11 heteroatoms. The Hall–Kier alpha value is -1.82. The van der Waals surface area contributed by atoms with Gasteiger partial charge in [-0.15, -0.1) is 0 Å². The lowest BCUT2D eigenvalue weighted by molar-refractivity contribution is -0.137. The first-order chi connectivity index (χ1) is 14.3. The summed E-state index contributed by atoms with van der Waals surface area (Å²) >= 11 is -2.02. The van der Waals surface area contributed by atoms with Gasteiger partial charge in [0.25, 0.3) is 0 Å². The monoisotopic (exact) mass is 477 g/mol. The van der Waals surface area contributed by atoms with Gasteiger partial charge in [-0.1, -0.05) is 12.1 Å². The van der Waals surface area contributed by atoms with Crippen LogP contribution in [0.1, 0.15) is 48.3 Å². The Labute approximate surface area is 181 Å². The average molecular weight is 478 g/mol. The minimum atomic E-state index is -4.65. The first-order valence-corrected chi connectivity index (χ1v) is 12.2. The molecule has 0 radical (unpaired) electrons. The van der Waals surface area contributed by atoms with E-state index in [4.69, 9.17) is 9.29 Å². The Kier molecular flexibility index (Phi) is 6.62. The van der Waals surface area contributed by atoms with Crippen LogP contribution in [0, 0.1) is 6.92 Å². The third-order valence-corrected chi connectivity index (χ3v) is 8.58. The Morgan fingerprint density at radius 2 is 2.03 bits per heavy atom. The zero-order valence-corrected chi connectivity index (χ0v) is 18.5. The summed E-state index contributed by atoms with van der Waals surface area (Å²) in [5.74, 6) is -0.0821. The van der Waals surface area contributed by atoms with Crippen LogP contribution < -0.4 is 0 Å². The van der Waals surface area contributed by atoms with E-state index in [0.717, 1.165) is 12.1 Å². The number of alkyl halides is 3. The fourth-order valence-electron chi connectivity index (χ4n) is 3.72. The molecule has 0 saturated carbocycles. The molecule has 1 saturated heterocycles. The summed E-state index contributed by atoms with van der Waals surface area (Å²) in [6, 6.07) is 5.45. The van der Waals surface area contributed by atoms with Crippen molar-refractivity contribution in [3.05, 3.63) is 58.9 Å². The smallest absolute Gasteiger partial charge is 0.372 e. The molecular formula is C20H22F3NO5S2. The second kappa shape index (κ2) is 8.61. The van der Waals surface area contributed by atoms with Crippen molar-refractivity contribution in [2.45, 2.75) is 54.4 Å². The van der Waals surface area contributed by atoms with Gasteiger partial charge in [0.15, 0.2) is 20.9 Å². The molecule has 1 aromatic carbocycles. The molecule has 6 nitrogen and oxygen atoms in total. The Balaban J connectivity index is 1.92. The van der Waals surface area contributed by atoms with Gasteiger partial charge in [0.1, 0.15) is 6.10 Å². The summed E-state index contributed by atoms with van der Waals surface area (Å²) in [6.45, 7) is 3.35. The number of halogens is 3. The molecule has 0 amide bonds. The van der Waals surface area contributed by atoms with Crippen molar-refractivity contribution >= 4 is 20.9 Å². The van der Waals surface area contributed by atoms with Gasteiger partial charge in [-0.3, -0.25) is 4.98 Å².